The molecule has 0 saturated carbocycles. The average Bonchev–Trinajstić information content (AvgIpc) is 3.29. The van der Waals surface area contributed by atoms with Gasteiger partial charge in [0.05, 0.1) is 38.3 Å². The van der Waals surface area contributed by atoms with Crippen LogP contribution in [-0.4, -0.2) is 50.6 Å². The van der Waals surface area contributed by atoms with Gasteiger partial charge in [0.1, 0.15) is 0 Å². The molecule has 1 aliphatic heterocycles. The van der Waals surface area contributed by atoms with E-state index >= 15 is 0 Å². The maximum Gasteiger partial charge on any atom is 0.241 e. The van der Waals surface area contributed by atoms with E-state index in [1.165, 1.54) is 0 Å². The van der Waals surface area contributed by atoms with Crippen molar-refractivity contribution in [1.82, 2.24) is 24.8 Å². The van der Waals surface area contributed by atoms with E-state index in [0.29, 0.717) is 30.6 Å². The molecule has 3 aromatic heterocycles. The molecule has 0 aromatic carbocycles. The Bertz CT molecular complexity index is 779. The average molecular weight is 329 g/mol. The summed E-state index contributed by atoms with van der Waals surface area (Å²) in [5.74, 6) is 1.67. The fraction of sp³-hybridized carbons (Fsp3) is 0.438. The van der Waals surface area contributed by atoms with Gasteiger partial charge in [0.15, 0.2) is 5.76 Å². The van der Waals surface area contributed by atoms with Crippen LogP contribution in [0.3, 0.4) is 0 Å². The summed E-state index contributed by atoms with van der Waals surface area (Å²) < 4.78 is 18.4. The number of aryl methyl sites for hydroxylation is 1. The number of aromatic nitrogens is 4. The van der Waals surface area contributed by atoms with Crippen molar-refractivity contribution in [3.8, 4) is 11.6 Å². The third-order valence-corrected chi connectivity index (χ3v) is 3.94. The van der Waals surface area contributed by atoms with E-state index in [-0.39, 0.29) is 6.10 Å². The molecule has 1 fully saturated rings. The zero-order valence-corrected chi connectivity index (χ0v) is 13.5. The van der Waals surface area contributed by atoms with Gasteiger partial charge in [-0.1, -0.05) is 5.16 Å². The summed E-state index contributed by atoms with van der Waals surface area (Å²) in [5, 5.41) is 8.28. The second-order valence-electron chi connectivity index (χ2n) is 5.96. The molecule has 0 aliphatic carbocycles. The molecule has 1 saturated heterocycles. The van der Waals surface area contributed by atoms with E-state index in [0.717, 1.165) is 25.2 Å². The van der Waals surface area contributed by atoms with E-state index in [9.17, 15) is 0 Å². The highest BCUT2D eigenvalue weighted by Gasteiger charge is 2.23. The molecule has 4 rings (SSSR count). The van der Waals surface area contributed by atoms with Crippen LogP contribution in [0.15, 0.2) is 39.7 Å². The minimum absolute atomic E-state index is 0.102. The molecule has 8 heteroatoms. The first kappa shape index (κ1) is 15.1. The van der Waals surface area contributed by atoms with Gasteiger partial charge in [-0.25, -0.2) is 0 Å². The summed E-state index contributed by atoms with van der Waals surface area (Å²) in [4.78, 5) is 6.64. The Morgan fingerprint density at radius 2 is 2.33 bits per heavy atom. The van der Waals surface area contributed by atoms with Crippen LogP contribution in [0.4, 0.5) is 0 Å². The second kappa shape index (κ2) is 6.58. The SMILES string of the molecule is Cc1cnn(C[C@H]2CN(Cc3nc(-c4ccco4)no3)CCO2)c1. The van der Waals surface area contributed by atoms with Gasteiger partial charge in [-0.15, -0.1) is 0 Å². The van der Waals surface area contributed by atoms with Gasteiger partial charge in [-0.3, -0.25) is 9.58 Å². The number of hydrogen-bond acceptors (Lipinski definition) is 7. The second-order valence-corrected chi connectivity index (χ2v) is 5.96. The fourth-order valence-corrected chi connectivity index (χ4v) is 2.83. The first-order valence-electron chi connectivity index (χ1n) is 7.96. The van der Waals surface area contributed by atoms with Gasteiger partial charge >= 0.3 is 0 Å². The maximum absolute atomic E-state index is 5.84. The monoisotopic (exact) mass is 329 g/mol. The predicted molar refractivity (Wildman–Crippen MR) is 84.0 cm³/mol. The lowest BCUT2D eigenvalue weighted by Crippen LogP contribution is -2.43. The van der Waals surface area contributed by atoms with Crippen LogP contribution in [0.25, 0.3) is 11.6 Å². The molecule has 24 heavy (non-hydrogen) atoms. The van der Waals surface area contributed by atoms with E-state index < -0.39 is 0 Å². The summed E-state index contributed by atoms with van der Waals surface area (Å²) in [6.07, 6.45) is 5.57. The molecule has 0 unspecified atom stereocenters. The number of nitrogens with zero attached hydrogens (tertiary/aromatic N) is 5. The molecule has 3 aromatic rings. The molecular formula is C16H19N5O3. The van der Waals surface area contributed by atoms with Gasteiger partial charge in [-0.2, -0.15) is 10.1 Å². The van der Waals surface area contributed by atoms with Crippen LogP contribution in [0, 0.1) is 6.92 Å². The molecule has 0 amide bonds. The fourth-order valence-electron chi connectivity index (χ4n) is 2.83. The summed E-state index contributed by atoms with van der Waals surface area (Å²) in [6.45, 7) is 5.70. The van der Waals surface area contributed by atoms with E-state index in [4.69, 9.17) is 13.7 Å². The standard InChI is InChI=1S/C16H19N5O3/c1-12-7-17-21(8-12)10-13-9-20(4-6-22-13)11-15-18-16(19-24-15)14-3-2-5-23-14/h2-3,5,7-8,13H,4,6,9-11H2,1H3/t13-/m1/s1. The molecule has 0 N–H and O–H groups in total. The Balaban J connectivity index is 1.36. The molecule has 0 radical (unpaired) electrons. The van der Waals surface area contributed by atoms with Gasteiger partial charge in [0.2, 0.25) is 11.7 Å². The normalized spacial score (nSPS) is 19.0. The number of hydrogen-bond donors (Lipinski definition) is 0. The van der Waals surface area contributed by atoms with Crippen molar-refractivity contribution >= 4 is 0 Å². The summed E-state index contributed by atoms with van der Waals surface area (Å²) in [5.41, 5.74) is 1.15. The van der Waals surface area contributed by atoms with E-state index in [1.807, 2.05) is 30.1 Å². The smallest absolute Gasteiger partial charge is 0.241 e. The van der Waals surface area contributed by atoms with Crippen LogP contribution in [-0.2, 0) is 17.8 Å². The van der Waals surface area contributed by atoms with Gasteiger partial charge in [-0.05, 0) is 24.6 Å². The molecule has 0 bridgehead atoms. The highest BCUT2D eigenvalue weighted by molar-refractivity contribution is 5.44. The number of furan rings is 1. The minimum Gasteiger partial charge on any atom is -0.461 e. The third-order valence-electron chi connectivity index (χ3n) is 3.94. The van der Waals surface area contributed by atoms with Crippen molar-refractivity contribution in [2.75, 3.05) is 19.7 Å². The van der Waals surface area contributed by atoms with Crippen molar-refractivity contribution in [1.29, 1.82) is 0 Å². The van der Waals surface area contributed by atoms with Crippen molar-refractivity contribution in [3.63, 3.8) is 0 Å². The zero-order chi connectivity index (χ0) is 16.4. The van der Waals surface area contributed by atoms with Crippen LogP contribution in [0.1, 0.15) is 11.5 Å². The molecule has 4 heterocycles. The molecule has 1 aliphatic rings. The van der Waals surface area contributed by atoms with Gasteiger partial charge in [0.25, 0.3) is 0 Å². The predicted octanol–water partition coefficient (Wildman–Crippen LogP) is 1.74. The minimum atomic E-state index is 0.102. The van der Waals surface area contributed by atoms with Crippen molar-refractivity contribution < 1.29 is 13.7 Å². The Hall–Kier alpha value is -2.45. The first-order chi connectivity index (χ1) is 11.8. The number of rotatable bonds is 5. The lowest BCUT2D eigenvalue weighted by Gasteiger charge is -2.31. The third kappa shape index (κ3) is 3.39. The highest BCUT2D eigenvalue weighted by Crippen LogP contribution is 2.17. The molecule has 0 spiro atoms. The zero-order valence-electron chi connectivity index (χ0n) is 13.5. The lowest BCUT2D eigenvalue weighted by atomic mass is 10.2. The van der Waals surface area contributed by atoms with Crippen LogP contribution in [0.5, 0.6) is 0 Å². The van der Waals surface area contributed by atoms with Crippen LogP contribution < -0.4 is 0 Å². The Morgan fingerprint density at radius 3 is 3.12 bits per heavy atom. The number of ether oxygens (including phenoxy) is 1. The number of morpholine rings is 1. The van der Waals surface area contributed by atoms with Crippen LogP contribution >= 0.6 is 0 Å². The molecular weight excluding hydrogens is 310 g/mol. The Morgan fingerprint density at radius 1 is 1.38 bits per heavy atom. The first-order valence-corrected chi connectivity index (χ1v) is 7.96. The van der Waals surface area contributed by atoms with Crippen molar-refractivity contribution in [2.45, 2.75) is 26.1 Å². The van der Waals surface area contributed by atoms with Gasteiger partial charge in [0, 0.05) is 19.3 Å². The summed E-state index contributed by atoms with van der Waals surface area (Å²) in [6, 6.07) is 3.61. The van der Waals surface area contributed by atoms with Crippen LogP contribution in [0.2, 0.25) is 0 Å². The molecule has 126 valence electrons. The Kier molecular flexibility index (Phi) is 4.14. The summed E-state index contributed by atoms with van der Waals surface area (Å²) >= 11 is 0. The van der Waals surface area contributed by atoms with Crippen molar-refractivity contribution in [2.24, 2.45) is 0 Å². The van der Waals surface area contributed by atoms with Gasteiger partial charge < -0.3 is 13.7 Å². The quantitative estimate of drug-likeness (QED) is 0.705. The van der Waals surface area contributed by atoms with E-state index in [1.54, 1.807) is 12.3 Å². The summed E-state index contributed by atoms with van der Waals surface area (Å²) in [7, 11) is 0. The van der Waals surface area contributed by atoms with E-state index in [2.05, 4.69) is 20.1 Å². The maximum atomic E-state index is 5.84. The molecule has 1 atom stereocenters. The molecule has 8 nitrogen and oxygen atoms in total. The lowest BCUT2D eigenvalue weighted by molar-refractivity contribution is -0.0426. The highest BCUT2D eigenvalue weighted by atomic mass is 16.5. The topological polar surface area (TPSA) is 82.4 Å². The Labute approximate surface area is 139 Å². The largest absolute Gasteiger partial charge is 0.461 e. The van der Waals surface area contributed by atoms with Crippen molar-refractivity contribution in [3.05, 3.63) is 42.2 Å².